The van der Waals surface area contributed by atoms with Crippen molar-refractivity contribution in [1.29, 1.82) is 5.26 Å². The number of nitriles is 1. The van der Waals surface area contributed by atoms with Gasteiger partial charge in [-0.05, 0) is 51.3 Å². The number of piperidine rings is 1. The first-order valence-electron chi connectivity index (χ1n) is 8.90. The van der Waals surface area contributed by atoms with E-state index in [1.807, 2.05) is 24.3 Å². The molecule has 0 aromatic heterocycles. The monoisotopic (exact) mass is 327 g/mol. The SMILES string of the molecule is CCNC(=NCc1ccc(C#N)cc1)NC1CCN(C(C)C)CC1. The number of rotatable bonds is 5. The summed E-state index contributed by atoms with van der Waals surface area (Å²) in [6.07, 6.45) is 2.30. The van der Waals surface area contributed by atoms with Crippen LogP contribution < -0.4 is 10.6 Å². The minimum absolute atomic E-state index is 0.485. The second kappa shape index (κ2) is 9.29. The predicted octanol–water partition coefficient (Wildman–Crippen LogP) is 2.49. The third-order valence-corrected chi connectivity index (χ3v) is 4.45. The molecule has 1 aliphatic rings. The van der Waals surface area contributed by atoms with Gasteiger partial charge in [0.2, 0.25) is 0 Å². The Morgan fingerprint density at radius 3 is 2.50 bits per heavy atom. The third kappa shape index (κ3) is 5.54. The molecule has 130 valence electrons. The lowest BCUT2D eigenvalue weighted by Gasteiger charge is -2.35. The fourth-order valence-electron chi connectivity index (χ4n) is 2.93. The van der Waals surface area contributed by atoms with E-state index in [1.165, 1.54) is 0 Å². The van der Waals surface area contributed by atoms with Gasteiger partial charge in [-0.25, -0.2) is 4.99 Å². The first-order valence-corrected chi connectivity index (χ1v) is 8.90. The summed E-state index contributed by atoms with van der Waals surface area (Å²) in [4.78, 5) is 7.21. The summed E-state index contributed by atoms with van der Waals surface area (Å²) < 4.78 is 0. The summed E-state index contributed by atoms with van der Waals surface area (Å²) >= 11 is 0. The number of benzene rings is 1. The van der Waals surface area contributed by atoms with Gasteiger partial charge < -0.3 is 15.5 Å². The maximum absolute atomic E-state index is 8.85. The Bertz CT molecular complexity index is 562. The zero-order valence-corrected chi connectivity index (χ0v) is 15.0. The molecule has 0 saturated carbocycles. The van der Waals surface area contributed by atoms with E-state index in [9.17, 15) is 0 Å². The molecule has 2 N–H and O–H groups in total. The van der Waals surface area contributed by atoms with Crippen LogP contribution in [0.25, 0.3) is 0 Å². The largest absolute Gasteiger partial charge is 0.357 e. The Kier molecular flexibility index (Phi) is 7.07. The van der Waals surface area contributed by atoms with Gasteiger partial charge in [0.1, 0.15) is 0 Å². The molecule has 5 heteroatoms. The Balaban J connectivity index is 1.90. The van der Waals surface area contributed by atoms with Gasteiger partial charge in [0.05, 0.1) is 18.2 Å². The van der Waals surface area contributed by atoms with Crippen molar-refractivity contribution >= 4 is 5.96 Å². The first kappa shape index (κ1) is 18.3. The highest BCUT2D eigenvalue weighted by Gasteiger charge is 2.21. The van der Waals surface area contributed by atoms with Gasteiger partial charge in [0.15, 0.2) is 5.96 Å². The lowest BCUT2D eigenvalue weighted by molar-refractivity contribution is 0.167. The molecule has 2 rings (SSSR count). The van der Waals surface area contributed by atoms with Gasteiger partial charge in [0, 0.05) is 31.7 Å². The molecule has 0 spiro atoms. The van der Waals surface area contributed by atoms with Crippen LogP contribution in [-0.2, 0) is 6.54 Å². The average molecular weight is 327 g/mol. The number of hydrogen-bond acceptors (Lipinski definition) is 3. The molecule has 5 nitrogen and oxygen atoms in total. The van der Waals surface area contributed by atoms with Crippen LogP contribution in [0.1, 0.15) is 44.7 Å². The molecular formula is C19H29N5. The summed E-state index contributed by atoms with van der Waals surface area (Å²) in [7, 11) is 0. The lowest BCUT2D eigenvalue weighted by atomic mass is 10.0. The van der Waals surface area contributed by atoms with Crippen LogP contribution in [0.4, 0.5) is 0 Å². The molecule has 1 saturated heterocycles. The van der Waals surface area contributed by atoms with Crippen LogP contribution in [0, 0.1) is 11.3 Å². The first-order chi connectivity index (χ1) is 11.6. The van der Waals surface area contributed by atoms with Crippen LogP contribution in [0.5, 0.6) is 0 Å². The summed E-state index contributed by atoms with van der Waals surface area (Å²) in [5.41, 5.74) is 1.80. The van der Waals surface area contributed by atoms with Crippen molar-refractivity contribution in [2.75, 3.05) is 19.6 Å². The van der Waals surface area contributed by atoms with Crippen molar-refractivity contribution in [3.05, 3.63) is 35.4 Å². The number of likely N-dealkylation sites (tertiary alicyclic amines) is 1. The Labute approximate surface area is 145 Å². The molecule has 0 amide bonds. The number of nitrogens with one attached hydrogen (secondary N) is 2. The summed E-state index contributed by atoms with van der Waals surface area (Å²) in [5, 5.41) is 15.7. The van der Waals surface area contributed by atoms with Crippen molar-refractivity contribution in [2.24, 2.45) is 4.99 Å². The zero-order chi connectivity index (χ0) is 17.4. The molecule has 0 radical (unpaired) electrons. The Hall–Kier alpha value is -2.06. The molecule has 1 aromatic carbocycles. The van der Waals surface area contributed by atoms with Gasteiger partial charge in [-0.1, -0.05) is 12.1 Å². The van der Waals surface area contributed by atoms with Gasteiger partial charge in [-0.15, -0.1) is 0 Å². The molecule has 1 heterocycles. The van der Waals surface area contributed by atoms with E-state index in [1.54, 1.807) is 0 Å². The molecule has 1 aromatic rings. The molecular weight excluding hydrogens is 298 g/mol. The van der Waals surface area contributed by atoms with E-state index in [0.717, 1.165) is 44.0 Å². The molecule has 24 heavy (non-hydrogen) atoms. The van der Waals surface area contributed by atoms with Crippen molar-refractivity contribution in [3.8, 4) is 6.07 Å². The normalized spacial score (nSPS) is 16.9. The van der Waals surface area contributed by atoms with Crippen LogP contribution in [0.15, 0.2) is 29.3 Å². The minimum Gasteiger partial charge on any atom is -0.357 e. The van der Waals surface area contributed by atoms with Crippen LogP contribution in [0.3, 0.4) is 0 Å². The fraction of sp³-hybridized carbons (Fsp3) is 0.579. The highest BCUT2D eigenvalue weighted by Crippen LogP contribution is 2.13. The zero-order valence-electron chi connectivity index (χ0n) is 15.0. The molecule has 0 atom stereocenters. The van der Waals surface area contributed by atoms with Crippen LogP contribution in [-0.4, -0.2) is 42.6 Å². The number of aliphatic imine (C=N–C) groups is 1. The van der Waals surface area contributed by atoms with Crippen molar-refractivity contribution in [2.45, 2.75) is 52.2 Å². The Morgan fingerprint density at radius 2 is 1.96 bits per heavy atom. The molecule has 0 unspecified atom stereocenters. The highest BCUT2D eigenvalue weighted by atomic mass is 15.2. The van der Waals surface area contributed by atoms with E-state index in [0.29, 0.717) is 24.2 Å². The highest BCUT2D eigenvalue weighted by molar-refractivity contribution is 5.80. The average Bonchev–Trinajstić information content (AvgIpc) is 2.61. The topological polar surface area (TPSA) is 63.5 Å². The number of nitrogens with zero attached hydrogens (tertiary/aromatic N) is 3. The molecule has 1 aliphatic heterocycles. The van der Waals surface area contributed by atoms with Crippen molar-refractivity contribution in [1.82, 2.24) is 15.5 Å². The second-order valence-corrected chi connectivity index (χ2v) is 6.55. The maximum Gasteiger partial charge on any atom is 0.191 e. The summed E-state index contributed by atoms with van der Waals surface area (Å²) in [6.45, 7) is 10.4. The van der Waals surface area contributed by atoms with E-state index < -0.39 is 0 Å². The fourth-order valence-corrected chi connectivity index (χ4v) is 2.93. The Morgan fingerprint density at radius 1 is 1.29 bits per heavy atom. The van der Waals surface area contributed by atoms with E-state index >= 15 is 0 Å². The number of hydrogen-bond donors (Lipinski definition) is 2. The summed E-state index contributed by atoms with van der Waals surface area (Å²) in [6, 6.07) is 10.9. The van der Waals surface area contributed by atoms with Gasteiger partial charge in [0.25, 0.3) is 0 Å². The standard InChI is InChI=1S/C19H29N5/c1-4-21-19(22-14-17-7-5-16(13-20)6-8-17)23-18-9-11-24(12-10-18)15(2)3/h5-8,15,18H,4,9-12,14H2,1-3H3,(H2,21,22,23). The third-order valence-electron chi connectivity index (χ3n) is 4.45. The maximum atomic E-state index is 8.85. The van der Waals surface area contributed by atoms with Gasteiger partial charge in [-0.3, -0.25) is 0 Å². The smallest absolute Gasteiger partial charge is 0.191 e. The number of guanidine groups is 1. The van der Waals surface area contributed by atoms with Crippen molar-refractivity contribution < 1.29 is 0 Å². The van der Waals surface area contributed by atoms with Crippen LogP contribution >= 0.6 is 0 Å². The van der Waals surface area contributed by atoms with Gasteiger partial charge in [-0.2, -0.15) is 5.26 Å². The molecule has 0 aliphatic carbocycles. The predicted molar refractivity (Wildman–Crippen MR) is 98.8 cm³/mol. The quantitative estimate of drug-likeness (QED) is 0.644. The minimum atomic E-state index is 0.485. The van der Waals surface area contributed by atoms with E-state index in [2.05, 4.69) is 47.4 Å². The van der Waals surface area contributed by atoms with Crippen molar-refractivity contribution in [3.63, 3.8) is 0 Å². The van der Waals surface area contributed by atoms with E-state index in [-0.39, 0.29) is 0 Å². The second-order valence-electron chi connectivity index (χ2n) is 6.55. The molecule has 0 bridgehead atoms. The van der Waals surface area contributed by atoms with Crippen LogP contribution in [0.2, 0.25) is 0 Å². The lowest BCUT2D eigenvalue weighted by Crippen LogP contribution is -2.49. The van der Waals surface area contributed by atoms with Gasteiger partial charge >= 0.3 is 0 Å². The van der Waals surface area contributed by atoms with E-state index in [4.69, 9.17) is 5.26 Å². The summed E-state index contributed by atoms with van der Waals surface area (Å²) in [5.74, 6) is 0.879. The molecule has 1 fully saturated rings.